The van der Waals surface area contributed by atoms with Gasteiger partial charge in [0.15, 0.2) is 0 Å². The Morgan fingerprint density at radius 2 is 1.82 bits per heavy atom. The molecule has 0 spiro atoms. The molecular weight excluding hydrogens is 268 g/mol. The molecule has 0 aromatic heterocycles. The lowest BCUT2D eigenvalue weighted by Gasteiger charge is -2.17. The summed E-state index contributed by atoms with van der Waals surface area (Å²) in [5.74, 6) is 0.511. The van der Waals surface area contributed by atoms with Crippen LogP contribution in [0.4, 0.5) is 0 Å². The van der Waals surface area contributed by atoms with Crippen LogP contribution in [0.5, 0.6) is 0 Å². The molecule has 0 radical (unpaired) electrons. The second kappa shape index (κ2) is 6.93. The second-order valence-corrected chi connectivity index (χ2v) is 6.38. The van der Waals surface area contributed by atoms with Crippen molar-refractivity contribution in [2.75, 3.05) is 0 Å². The first-order chi connectivity index (χ1) is 10.7. The molecule has 1 nitrogen and oxygen atoms in total. The predicted octanol–water partition coefficient (Wildman–Crippen LogP) is 5.30. The van der Waals surface area contributed by atoms with E-state index in [2.05, 4.69) is 37.3 Å². The summed E-state index contributed by atoms with van der Waals surface area (Å²) >= 11 is 0. The van der Waals surface area contributed by atoms with E-state index >= 15 is 0 Å². The van der Waals surface area contributed by atoms with Crippen LogP contribution >= 0.6 is 0 Å². The molecule has 2 atom stereocenters. The summed E-state index contributed by atoms with van der Waals surface area (Å²) in [6.45, 7) is 2.12. The molecule has 0 bridgehead atoms. The Hall–Kier alpha value is -1.86. The smallest absolute Gasteiger partial charge is 0.0795 e. The van der Waals surface area contributed by atoms with E-state index in [0.717, 1.165) is 12.0 Å². The highest BCUT2D eigenvalue weighted by molar-refractivity contribution is 5.54. The fraction of sp³-hybridized carbons (Fsp3) is 0.333. The molecule has 3 rings (SSSR count). The van der Waals surface area contributed by atoms with Gasteiger partial charge in [0.25, 0.3) is 0 Å². The standard InChI is InChI=1S/C21H24O/c1-16-10-12-17(13-11-16)14-19-8-5-9-20(19)15-21(22)18-6-3-2-4-7-18/h2-4,6-7,10-14,20-22H,5,8-9,15H2,1H3/b19-14-/t20-,21-/m0/s1. The number of hydrogen-bond donors (Lipinski definition) is 1. The maximum Gasteiger partial charge on any atom is 0.0795 e. The third-order valence-corrected chi connectivity index (χ3v) is 4.66. The predicted molar refractivity (Wildman–Crippen MR) is 92.5 cm³/mol. The van der Waals surface area contributed by atoms with Crippen LogP contribution in [0.25, 0.3) is 6.08 Å². The van der Waals surface area contributed by atoms with Crippen molar-refractivity contribution >= 4 is 6.08 Å². The van der Waals surface area contributed by atoms with E-state index in [1.807, 2.05) is 30.3 Å². The van der Waals surface area contributed by atoms with E-state index in [4.69, 9.17) is 0 Å². The van der Waals surface area contributed by atoms with Crippen molar-refractivity contribution in [2.45, 2.75) is 38.7 Å². The lowest BCUT2D eigenvalue weighted by atomic mass is 9.91. The largest absolute Gasteiger partial charge is 0.388 e. The van der Waals surface area contributed by atoms with Crippen LogP contribution in [0.3, 0.4) is 0 Å². The molecule has 0 aliphatic heterocycles. The minimum Gasteiger partial charge on any atom is -0.388 e. The Balaban J connectivity index is 1.72. The van der Waals surface area contributed by atoms with Crippen LogP contribution in [0.2, 0.25) is 0 Å². The molecule has 1 saturated carbocycles. The monoisotopic (exact) mass is 292 g/mol. The van der Waals surface area contributed by atoms with Crippen molar-refractivity contribution in [3.8, 4) is 0 Å². The maximum atomic E-state index is 10.5. The van der Waals surface area contributed by atoms with Gasteiger partial charge in [0.2, 0.25) is 0 Å². The molecule has 2 aromatic rings. The zero-order valence-electron chi connectivity index (χ0n) is 13.2. The van der Waals surface area contributed by atoms with E-state index in [-0.39, 0.29) is 6.10 Å². The van der Waals surface area contributed by atoms with E-state index in [9.17, 15) is 5.11 Å². The second-order valence-electron chi connectivity index (χ2n) is 6.38. The number of rotatable bonds is 4. The van der Waals surface area contributed by atoms with Crippen molar-refractivity contribution in [1.29, 1.82) is 0 Å². The van der Waals surface area contributed by atoms with Gasteiger partial charge in [0.05, 0.1) is 6.10 Å². The lowest BCUT2D eigenvalue weighted by molar-refractivity contribution is 0.151. The summed E-state index contributed by atoms with van der Waals surface area (Å²) in [7, 11) is 0. The number of aliphatic hydroxyl groups excluding tert-OH is 1. The van der Waals surface area contributed by atoms with Gasteiger partial charge in [-0.3, -0.25) is 0 Å². The first-order valence-electron chi connectivity index (χ1n) is 8.22. The molecule has 0 unspecified atom stereocenters. The number of hydrogen-bond acceptors (Lipinski definition) is 1. The van der Waals surface area contributed by atoms with Gasteiger partial charge in [0, 0.05) is 0 Å². The molecule has 1 fully saturated rings. The third-order valence-electron chi connectivity index (χ3n) is 4.66. The highest BCUT2D eigenvalue weighted by Gasteiger charge is 2.24. The number of benzene rings is 2. The van der Waals surface area contributed by atoms with Crippen molar-refractivity contribution in [3.63, 3.8) is 0 Å². The fourth-order valence-corrected chi connectivity index (χ4v) is 3.36. The topological polar surface area (TPSA) is 20.2 Å². The van der Waals surface area contributed by atoms with Crippen LogP contribution in [0.1, 0.15) is 48.5 Å². The van der Waals surface area contributed by atoms with Gasteiger partial charge in [-0.25, -0.2) is 0 Å². The Morgan fingerprint density at radius 1 is 1.09 bits per heavy atom. The van der Waals surface area contributed by atoms with Gasteiger partial charge in [-0.05, 0) is 49.7 Å². The van der Waals surface area contributed by atoms with Gasteiger partial charge >= 0.3 is 0 Å². The summed E-state index contributed by atoms with van der Waals surface area (Å²) in [4.78, 5) is 0. The van der Waals surface area contributed by atoms with E-state index in [1.165, 1.54) is 36.0 Å². The minimum atomic E-state index is -0.356. The number of aryl methyl sites for hydroxylation is 1. The van der Waals surface area contributed by atoms with Gasteiger partial charge in [-0.2, -0.15) is 0 Å². The van der Waals surface area contributed by atoms with Crippen molar-refractivity contribution in [2.24, 2.45) is 5.92 Å². The average Bonchev–Trinajstić information content (AvgIpc) is 2.97. The van der Waals surface area contributed by atoms with Crippen molar-refractivity contribution in [3.05, 3.63) is 76.9 Å². The van der Waals surface area contributed by atoms with Gasteiger partial charge < -0.3 is 5.11 Å². The quantitative estimate of drug-likeness (QED) is 0.810. The van der Waals surface area contributed by atoms with Crippen LogP contribution in [0, 0.1) is 12.8 Å². The van der Waals surface area contributed by atoms with Crippen LogP contribution in [-0.2, 0) is 0 Å². The Bertz CT molecular complexity index is 625. The molecule has 114 valence electrons. The number of allylic oxidation sites excluding steroid dienone is 1. The zero-order chi connectivity index (χ0) is 15.4. The highest BCUT2D eigenvalue weighted by Crippen LogP contribution is 2.38. The molecule has 0 heterocycles. The summed E-state index contributed by atoms with van der Waals surface area (Å²) < 4.78 is 0. The molecule has 0 amide bonds. The molecule has 2 aromatic carbocycles. The van der Waals surface area contributed by atoms with Crippen LogP contribution < -0.4 is 0 Å². The molecule has 1 aliphatic rings. The Labute approximate surface area is 133 Å². The lowest BCUT2D eigenvalue weighted by Crippen LogP contribution is -2.06. The van der Waals surface area contributed by atoms with Gasteiger partial charge in [-0.15, -0.1) is 0 Å². The molecule has 0 saturated heterocycles. The summed E-state index contributed by atoms with van der Waals surface area (Å²) in [6, 6.07) is 18.7. The van der Waals surface area contributed by atoms with Crippen LogP contribution in [-0.4, -0.2) is 5.11 Å². The zero-order valence-corrected chi connectivity index (χ0v) is 13.2. The van der Waals surface area contributed by atoms with Crippen LogP contribution in [0.15, 0.2) is 60.2 Å². The Kier molecular flexibility index (Phi) is 4.74. The number of aliphatic hydroxyl groups is 1. The normalized spacial score (nSPS) is 21.2. The molecule has 1 aliphatic carbocycles. The van der Waals surface area contributed by atoms with Crippen molar-refractivity contribution in [1.82, 2.24) is 0 Å². The Morgan fingerprint density at radius 3 is 2.55 bits per heavy atom. The molecule has 1 heteroatoms. The fourth-order valence-electron chi connectivity index (χ4n) is 3.36. The average molecular weight is 292 g/mol. The highest BCUT2D eigenvalue weighted by atomic mass is 16.3. The summed E-state index contributed by atoms with van der Waals surface area (Å²) in [6.07, 6.45) is 6.41. The van der Waals surface area contributed by atoms with E-state index in [1.54, 1.807) is 0 Å². The third kappa shape index (κ3) is 3.66. The molecule has 1 N–H and O–H groups in total. The molecule has 22 heavy (non-hydrogen) atoms. The SMILES string of the molecule is Cc1ccc(/C=C2/CCC[C@H]2C[C@H](O)c2ccccc2)cc1. The van der Waals surface area contributed by atoms with E-state index in [0.29, 0.717) is 5.92 Å². The van der Waals surface area contributed by atoms with Crippen molar-refractivity contribution < 1.29 is 5.11 Å². The van der Waals surface area contributed by atoms with E-state index < -0.39 is 0 Å². The van der Waals surface area contributed by atoms with Gasteiger partial charge in [0.1, 0.15) is 0 Å². The first-order valence-corrected chi connectivity index (χ1v) is 8.22. The molecular formula is C21H24O. The summed E-state index contributed by atoms with van der Waals surface area (Å²) in [5, 5.41) is 10.5. The first kappa shape index (κ1) is 15.1. The minimum absolute atomic E-state index is 0.356. The maximum absolute atomic E-state index is 10.5. The van der Waals surface area contributed by atoms with Gasteiger partial charge in [-0.1, -0.05) is 71.8 Å². The summed E-state index contributed by atoms with van der Waals surface area (Å²) in [5.41, 5.74) is 5.11.